The molecule has 0 bridgehead atoms. The Balaban J connectivity index is 0. The van der Waals surface area contributed by atoms with E-state index in [0.29, 0.717) is 6.26 Å². The van der Waals surface area contributed by atoms with Crippen LogP contribution in [0.3, 0.4) is 0 Å². The molecule has 0 fully saturated rings. The molecule has 0 aromatic heterocycles. The molecule has 0 aromatic carbocycles. The highest BCUT2D eigenvalue weighted by atomic mass is 32.2. The van der Waals surface area contributed by atoms with Crippen molar-refractivity contribution >= 4 is 10.1 Å². The summed E-state index contributed by atoms with van der Waals surface area (Å²) in [6, 6.07) is 0. The molecule has 0 amide bonds. The highest BCUT2D eigenvalue weighted by Crippen LogP contribution is 2.28. The molecule has 106 valence electrons. The number of rotatable bonds is 2. The molecule has 0 aliphatic heterocycles. The first-order chi connectivity index (χ1) is 7.10. The van der Waals surface area contributed by atoms with E-state index < -0.39 is 10.1 Å². The third kappa shape index (κ3) is 31.3. The average molecular weight is 268 g/mol. The van der Waals surface area contributed by atoms with Crippen molar-refractivity contribution in [1.82, 2.24) is 0 Å². The molecule has 0 unspecified atom stereocenters. The third-order valence-corrected chi connectivity index (χ3v) is 1.70. The van der Waals surface area contributed by atoms with Gasteiger partial charge in [0.1, 0.15) is 0 Å². The lowest BCUT2D eigenvalue weighted by Gasteiger charge is -2.27. The Morgan fingerprint density at radius 3 is 1.24 bits per heavy atom. The van der Waals surface area contributed by atoms with Gasteiger partial charge in [-0.3, -0.25) is 4.55 Å². The van der Waals surface area contributed by atoms with Crippen molar-refractivity contribution in [2.75, 3.05) is 6.26 Å². The summed E-state index contributed by atoms with van der Waals surface area (Å²) in [6.45, 7) is 13.0. The molecule has 0 radical (unpaired) electrons. The molecule has 0 atom stereocenters. The molecule has 0 aliphatic rings. The van der Waals surface area contributed by atoms with E-state index in [0.717, 1.165) is 12.8 Å². The summed E-state index contributed by atoms with van der Waals surface area (Å²) in [7, 11) is -3.67. The lowest BCUT2D eigenvalue weighted by atomic mass is 9.82. The quantitative estimate of drug-likeness (QED) is 0.755. The van der Waals surface area contributed by atoms with E-state index in [9.17, 15) is 13.5 Å². The molecule has 0 saturated heterocycles. The highest BCUT2D eigenvalue weighted by Gasteiger charge is 2.21. The second-order valence-corrected chi connectivity index (χ2v) is 8.38. The molecule has 5 heteroatoms. The first-order valence-corrected chi connectivity index (χ1v) is 7.55. The number of hydrogen-bond donors (Lipinski definition) is 2. The molecular formula is C12H28O4S. The molecule has 0 spiro atoms. The van der Waals surface area contributed by atoms with Crippen molar-refractivity contribution in [3.8, 4) is 0 Å². The van der Waals surface area contributed by atoms with Crippen molar-refractivity contribution in [1.29, 1.82) is 0 Å². The summed E-state index contributed by atoms with van der Waals surface area (Å²) in [4.78, 5) is 0. The minimum absolute atomic E-state index is 0.148. The van der Waals surface area contributed by atoms with Crippen molar-refractivity contribution in [2.24, 2.45) is 10.8 Å². The minimum Gasteiger partial charge on any atom is -0.393 e. The van der Waals surface area contributed by atoms with Gasteiger partial charge in [0.15, 0.2) is 0 Å². The maximum atomic E-state index is 9.72. The van der Waals surface area contributed by atoms with E-state index in [1.807, 2.05) is 0 Å². The fourth-order valence-electron chi connectivity index (χ4n) is 1.49. The van der Waals surface area contributed by atoms with Crippen molar-refractivity contribution in [3.63, 3.8) is 0 Å². The van der Waals surface area contributed by atoms with Gasteiger partial charge in [-0.2, -0.15) is 8.42 Å². The predicted molar refractivity (Wildman–Crippen MR) is 71.6 cm³/mol. The van der Waals surface area contributed by atoms with Gasteiger partial charge in [-0.15, -0.1) is 0 Å². The largest absolute Gasteiger partial charge is 0.393 e. The molecule has 0 saturated carbocycles. The number of aliphatic hydroxyl groups excluding tert-OH is 1. The van der Waals surface area contributed by atoms with Crippen LogP contribution in [0.2, 0.25) is 0 Å². The van der Waals surface area contributed by atoms with Gasteiger partial charge in [0.05, 0.1) is 12.4 Å². The predicted octanol–water partition coefficient (Wildman–Crippen LogP) is 2.72. The van der Waals surface area contributed by atoms with Gasteiger partial charge < -0.3 is 5.11 Å². The van der Waals surface area contributed by atoms with Crippen LogP contribution in [0.25, 0.3) is 0 Å². The fourth-order valence-corrected chi connectivity index (χ4v) is 1.49. The van der Waals surface area contributed by atoms with Crippen LogP contribution in [-0.2, 0) is 10.1 Å². The lowest BCUT2D eigenvalue weighted by molar-refractivity contribution is 0.0807. The molecular weight excluding hydrogens is 240 g/mol. The monoisotopic (exact) mass is 268 g/mol. The van der Waals surface area contributed by atoms with E-state index in [4.69, 9.17) is 4.55 Å². The second-order valence-electron chi connectivity index (χ2n) is 6.92. The van der Waals surface area contributed by atoms with Crippen molar-refractivity contribution in [3.05, 3.63) is 0 Å². The van der Waals surface area contributed by atoms with Gasteiger partial charge in [0, 0.05) is 0 Å². The van der Waals surface area contributed by atoms with E-state index in [2.05, 4.69) is 41.5 Å². The number of hydrogen-bond acceptors (Lipinski definition) is 3. The molecule has 2 N–H and O–H groups in total. The standard InChI is InChI=1S/C11H24O.CH4O3S/c1-10(2,3)7-9(12)8-11(4,5)6;1-5(2,3)4/h9,12H,7-8H2,1-6H3;1H3,(H,2,3,4). The summed E-state index contributed by atoms with van der Waals surface area (Å²) < 4.78 is 25.9. The van der Waals surface area contributed by atoms with Crippen LogP contribution in [0, 0.1) is 10.8 Å². The zero-order chi connectivity index (χ0) is 14.5. The van der Waals surface area contributed by atoms with Gasteiger partial charge in [0.2, 0.25) is 0 Å². The first kappa shape index (κ1) is 19.2. The van der Waals surface area contributed by atoms with Gasteiger partial charge >= 0.3 is 0 Å². The van der Waals surface area contributed by atoms with Gasteiger partial charge in [0.25, 0.3) is 10.1 Å². The van der Waals surface area contributed by atoms with Gasteiger partial charge in [-0.1, -0.05) is 41.5 Å². The molecule has 0 aromatic rings. The molecule has 4 nitrogen and oxygen atoms in total. The molecule has 0 aliphatic carbocycles. The average Bonchev–Trinajstić information content (AvgIpc) is 1.69. The SMILES string of the molecule is CC(C)(C)CC(O)CC(C)(C)C.CS(=O)(=O)O. The van der Waals surface area contributed by atoms with E-state index in [-0.39, 0.29) is 16.9 Å². The Labute approximate surface area is 106 Å². The summed E-state index contributed by atoms with van der Waals surface area (Å²) in [6.07, 6.45) is 2.35. The Hall–Kier alpha value is -0.130. The highest BCUT2D eigenvalue weighted by molar-refractivity contribution is 7.85. The minimum atomic E-state index is -3.67. The molecule has 0 heterocycles. The second kappa shape index (κ2) is 6.71. The third-order valence-electron chi connectivity index (χ3n) is 1.70. The van der Waals surface area contributed by atoms with Crippen LogP contribution in [0.5, 0.6) is 0 Å². The normalized spacial score (nSPS) is 13.3. The Morgan fingerprint density at radius 2 is 1.12 bits per heavy atom. The van der Waals surface area contributed by atoms with E-state index in [1.165, 1.54) is 0 Å². The molecule has 17 heavy (non-hydrogen) atoms. The topological polar surface area (TPSA) is 74.6 Å². The van der Waals surface area contributed by atoms with E-state index >= 15 is 0 Å². The summed E-state index contributed by atoms with van der Waals surface area (Å²) in [5.74, 6) is 0. The molecule has 0 rings (SSSR count). The zero-order valence-electron chi connectivity index (χ0n) is 12.1. The lowest BCUT2D eigenvalue weighted by Crippen LogP contribution is -2.22. The maximum Gasteiger partial charge on any atom is 0.261 e. The van der Waals surface area contributed by atoms with Crippen LogP contribution in [0.15, 0.2) is 0 Å². The van der Waals surface area contributed by atoms with Crippen LogP contribution < -0.4 is 0 Å². The van der Waals surface area contributed by atoms with Crippen LogP contribution >= 0.6 is 0 Å². The van der Waals surface area contributed by atoms with Crippen LogP contribution in [0.4, 0.5) is 0 Å². The fraction of sp³-hybridized carbons (Fsp3) is 1.00. The van der Waals surface area contributed by atoms with Crippen LogP contribution in [0.1, 0.15) is 54.4 Å². The van der Waals surface area contributed by atoms with Gasteiger partial charge in [-0.25, -0.2) is 0 Å². The Morgan fingerprint density at radius 1 is 0.941 bits per heavy atom. The summed E-state index contributed by atoms with van der Waals surface area (Å²) >= 11 is 0. The smallest absolute Gasteiger partial charge is 0.261 e. The Bertz CT molecular complexity index is 269. The maximum absolute atomic E-state index is 9.72. The van der Waals surface area contributed by atoms with Gasteiger partial charge in [-0.05, 0) is 23.7 Å². The summed E-state index contributed by atoms with van der Waals surface area (Å²) in [5, 5.41) is 9.72. The van der Waals surface area contributed by atoms with Crippen LogP contribution in [-0.4, -0.2) is 30.4 Å². The van der Waals surface area contributed by atoms with Crippen molar-refractivity contribution < 1.29 is 18.1 Å². The first-order valence-electron chi connectivity index (χ1n) is 5.71. The Kier molecular flexibility index (Phi) is 7.58. The van der Waals surface area contributed by atoms with E-state index in [1.54, 1.807) is 0 Å². The number of aliphatic hydroxyl groups is 1. The zero-order valence-corrected chi connectivity index (χ0v) is 12.9. The summed E-state index contributed by atoms with van der Waals surface area (Å²) in [5.41, 5.74) is 0.481. The van der Waals surface area contributed by atoms with Crippen molar-refractivity contribution in [2.45, 2.75) is 60.5 Å².